The van der Waals surface area contributed by atoms with Crippen molar-refractivity contribution < 1.29 is 9.72 Å². The first-order chi connectivity index (χ1) is 7.95. The molecule has 1 aromatic carbocycles. The number of hydrogen-bond donors (Lipinski definition) is 1. The number of anilines is 1. The maximum Gasteiger partial charge on any atom is 0.293 e. The number of nitrogens with one attached hydrogen (secondary N) is 1. The minimum Gasteiger partial charge on any atom is -0.319 e. The van der Waals surface area contributed by atoms with Gasteiger partial charge in [-0.05, 0) is 18.6 Å². The van der Waals surface area contributed by atoms with Gasteiger partial charge in [0, 0.05) is 10.5 Å². The van der Waals surface area contributed by atoms with Crippen LogP contribution in [0.1, 0.15) is 13.3 Å². The Balaban J connectivity index is 2.98. The van der Waals surface area contributed by atoms with Gasteiger partial charge in [0.15, 0.2) is 0 Å². The van der Waals surface area contributed by atoms with Gasteiger partial charge in [0.05, 0.1) is 9.75 Å². The van der Waals surface area contributed by atoms with Gasteiger partial charge in [-0.2, -0.15) is 0 Å². The van der Waals surface area contributed by atoms with Crippen LogP contribution in [0.25, 0.3) is 0 Å². The second-order valence-corrected chi connectivity index (χ2v) is 5.30. The Morgan fingerprint density at radius 2 is 2.24 bits per heavy atom. The Hall–Kier alpha value is -0.950. The third-order valence-electron chi connectivity index (χ3n) is 2.06. The van der Waals surface area contributed by atoms with Crippen molar-refractivity contribution in [1.82, 2.24) is 0 Å². The number of amides is 1. The van der Waals surface area contributed by atoms with Crippen molar-refractivity contribution in [2.45, 2.75) is 18.2 Å². The summed E-state index contributed by atoms with van der Waals surface area (Å²) in [7, 11) is 0. The lowest BCUT2D eigenvalue weighted by Crippen LogP contribution is -2.22. The highest BCUT2D eigenvalue weighted by Crippen LogP contribution is 2.28. The van der Waals surface area contributed by atoms with Crippen molar-refractivity contribution in [2.75, 3.05) is 5.32 Å². The summed E-state index contributed by atoms with van der Waals surface area (Å²) >= 11 is 6.33. The first kappa shape index (κ1) is 14.1. The predicted octanol–water partition coefficient (Wildman–Crippen LogP) is 3.47. The van der Waals surface area contributed by atoms with E-state index < -0.39 is 4.92 Å². The number of nitro groups is 1. The Labute approximate surface area is 115 Å². The number of nitrogens with zero attached hydrogens (tertiary/aromatic N) is 1. The smallest absolute Gasteiger partial charge is 0.293 e. The van der Waals surface area contributed by atoms with Crippen LogP contribution in [0.3, 0.4) is 0 Å². The van der Waals surface area contributed by atoms with Crippen LogP contribution in [0.15, 0.2) is 22.7 Å². The Bertz CT molecular complexity index is 451. The largest absolute Gasteiger partial charge is 0.319 e. The fourth-order valence-corrected chi connectivity index (χ4v) is 1.62. The van der Waals surface area contributed by atoms with E-state index in [0.29, 0.717) is 10.9 Å². The molecule has 0 aliphatic rings. The lowest BCUT2D eigenvalue weighted by molar-refractivity contribution is -0.384. The fourth-order valence-electron chi connectivity index (χ4n) is 1.16. The summed E-state index contributed by atoms with van der Waals surface area (Å²) in [6, 6.07) is 4.48. The molecule has 0 aromatic heterocycles. The SMILES string of the molecule is CCC(Br)C(=O)Nc1ccc(Br)cc1[N+](=O)[O-]. The number of carbonyl (C=O) groups excluding carboxylic acids is 1. The summed E-state index contributed by atoms with van der Waals surface area (Å²) in [6.07, 6.45) is 0.607. The van der Waals surface area contributed by atoms with Gasteiger partial charge in [-0.25, -0.2) is 0 Å². The first-order valence-electron chi connectivity index (χ1n) is 4.84. The Kier molecular flexibility index (Phi) is 5.07. The molecule has 1 N–H and O–H groups in total. The van der Waals surface area contributed by atoms with Crippen LogP contribution in [-0.2, 0) is 4.79 Å². The van der Waals surface area contributed by atoms with E-state index in [4.69, 9.17) is 0 Å². The molecule has 0 saturated carbocycles. The van der Waals surface area contributed by atoms with Crippen molar-refractivity contribution in [3.8, 4) is 0 Å². The van der Waals surface area contributed by atoms with Crippen LogP contribution in [-0.4, -0.2) is 15.7 Å². The summed E-state index contributed by atoms with van der Waals surface area (Å²) in [6.45, 7) is 1.84. The number of rotatable bonds is 4. The van der Waals surface area contributed by atoms with Crippen LogP contribution in [0.2, 0.25) is 0 Å². The molecule has 0 radical (unpaired) electrons. The van der Waals surface area contributed by atoms with E-state index in [0.717, 1.165) is 0 Å². The molecule has 17 heavy (non-hydrogen) atoms. The van der Waals surface area contributed by atoms with Crippen molar-refractivity contribution in [1.29, 1.82) is 0 Å². The van der Waals surface area contributed by atoms with E-state index in [1.807, 2.05) is 6.92 Å². The molecule has 0 spiro atoms. The number of benzene rings is 1. The molecule has 0 saturated heterocycles. The topological polar surface area (TPSA) is 72.2 Å². The number of halogens is 2. The van der Waals surface area contributed by atoms with Gasteiger partial charge >= 0.3 is 0 Å². The lowest BCUT2D eigenvalue weighted by Gasteiger charge is -2.09. The first-order valence-corrected chi connectivity index (χ1v) is 6.55. The van der Waals surface area contributed by atoms with Crippen LogP contribution < -0.4 is 5.32 Å². The van der Waals surface area contributed by atoms with Crippen molar-refractivity contribution in [2.24, 2.45) is 0 Å². The van der Waals surface area contributed by atoms with Crippen LogP contribution in [0.4, 0.5) is 11.4 Å². The predicted molar refractivity (Wildman–Crippen MR) is 72.4 cm³/mol. The minimum atomic E-state index is -0.532. The lowest BCUT2D eigenvalue weighted by atomic mass is 10.2. The molecular formula is C10H10Br2N2O3. The molecule has 1 amide bonds. The molecule has 1 rings (SSSR count). The number of nitro benzene ring substituents is 1. The highest BCUT2D eigenvalue weighted by Gasteiger charge is 2.19. The van der Waals surface area contributed by atoms with Gasteiger partial charge in [-0.15, -0.1) is 0 Å². The van der Waals surface area contributed by atoms with Crippen molar-refractivity contribution in [3.63, 3.8) is 0 Å². The Morgan fingerprint density at radius 3 is 2.76 bits per heavy atom. The maximum atomic E-state index is 11.6. The van der Waals surface area contributed by atoms with Gasteiger partial charge in [0.25, 0.3) is 5.69 Å². The van der Waals surface area contributed by atoms with E-state index in [2.05, 4.69) is 37.2 Å². The van der Waals surface area contributed by atoms with Gasteiger partial charge in [-0.3, -0.25) is 14.9 Å². The molecule has 0 aliphatic heterocycles. The highest BCUT2D eigenvalue weighted by molar-refractivity contribution is 9.10. The zero-order chi connectivity index (χ0) is 13.0. The molecule has 1 atom stereocenters. The summed E-state index contributed by atoms with van der Waals surface area (Å²) in [5.74, 6) is -0.294. The molecule has 5 nitrogen and oxygen atoms in total. The van der Waals surface area contributed by atoms with Gasteiger partial charge < -0.3 is 5.32 Å². The molecule has 7 heteroatoms. The third-order valence-corrected chi connectivity index (χ3v) is 3.61. The van der Waals surface area contributed by atoms with Gasteiger partial charge in [-0.1, -0.05) is 38.8 Å². The average molecular weight is 366 g/mol. The summed E-state index contributed by atoms with van der Waals surface area (Å²) in [5.41, 5.74) is 0.0598. The maximum absolute atomic E-state index is 11.6. The minimum absolute atomic E-state index is 0.136. The van der Waals surface area contributed by atoms with E-state index in [-0.39, 0.29) is 22.1 Å². The fraction of sp³-hybridized carbons (Fsp3) is 0.300. The molecule has 0 heterocycles. The van der Waals surface area contributed by atoms with E-state index in [1.54, 1.807) is 6.07 Å². The number of alkyl halides is 1. The normalized spacial score (nSPS) is 11.9. The van der Waals surface area contributed by atoms with Crippen molar-refractivity contribution >= 4 is 49.1 Å². The molecular weight excluding hydrogens is 356 g/mol. The second-order valence-electron chi connectivity index (χ2n) is 3.28. The molecule has 1 unspecified atom stereocenters. The summed E-state index contributed by atoms with van der Waals surface area (Å²) < 4.78 is 0.591. The molecule has 0 fully saturated rings. The number of carbonyl (C=O) groups is 1. The molecule has 92 valence electrons. The van der Waals surface area contributed by atoms with Crippen LogP contribution >= 0.6 is 31.9 Å². The molecule has 0 aliphatic carbocycles. The standard InChI is InChI=1S/C10H10Br2N2O3/c1-2-7(12)10(15)13-8-4-3-6(11)5-9(8)14(16)17/h3-5,7H,2H2,1H3,(H,13,15). The molecule has 1 aromatic rings. The number of hydrogen-bond acceptors (Lipinski definition) is 3. The van der Waals surface area contributed by atoms with Gasteiger partial charge in [0.2, 0.25) is 5.91 Å². The average Bonchev–Trinajstić information content (AvgIpc) is 2.29. The second kappa shape index (κ2) is 6.11. The third kappa shape index (κ3) is 3.78. The quantitative estimate of drug-likeness (QED) is 0.504. The van der Waals surface area contributed by atoms with E-state index >= 15 is 0 Å². The van der Waals surface area contributed by atoms with E-state index in [1.165, 1.54) is 12.1 Å². The van der Waals surface area contributed by atoms with Crippen LogP contribution in [0, 0.1) is 10.1 Å². The summed E-state index contributed by atoms with van der Waals surface area (Å²) in [4.78, 5) is 21.5. The van der Waals surface area contributed by atoms with Gasteiger partial charge in [0.1, 0.15) is 5.69 Å². The van der Waals surface area contributed by atoms with E-state index in [9.17, 15) is 14.9 Å². The Morgan fingerprint density at radius 1 is 1.59 bits per heavy atom. The van der Waals surface area contributed by atoms with Crippen LogP contribution in [0.5, 0.6) is 0 Å². The monoisotopic (exact) mass is 364 g/mol. The zero-order valence-electron chi connectivity index (χ0n) is 8.94. The van der Waals surface area contributed by atoms with Crippen molar-refractivity contribution in [3.05, 3.63) is 32.8 Å². The highest BCUT2D eigenvalue weighted by atomic mass is 79.9. The zero-order valence-corrected chi connectivity index (χ0v) is 12.1. The summed E-state index contributed by atoms with van der Waals surface area (Å²) in [5, 5.41) is 13.3. The molecule has 0 bridgehead atoms.